The number of halogens is 1. The topological polar surface area (TPSA) is 153 Å². The van der Waals surface area contributed by atoms with E-state index in [4.69, 9.17) is 26.1 Å². The highest BCUT2D eigenvalue weighted by atomic mass is 35.5. The molecule has 316 valence electrons. The van der Waals surface area contributed by atoms with E-state index in [2.05, 4.69) is 77.3 Å². The molecule has 1 atom stereocenters. The quantitative estimate of drug-likeness (QED) is 0.0897. The summed E-state index contributed by atoms with van der Waals surface area (Å²) in [5, 5.41) is 30.8. The van der Waals surface area contributed by atoms with Crippen molar-refractivity contribution in [2.45, 2.75) is 91.5 Å². The fraction of sp³-hybridized carbons (Fsp3) is 0.457. The third-order valence-electron chi connectivity index (χ3n) is 12.2. The van der Waals surface area contributed by atoms with Crippen LogP contribution < -0.4 is 29.9 Å². The van der Waals surface area contributed by atoms with Crippen LogP contribution in [0.3, 0.4) is 0 Å². The number of aryl methyl sites for hydroxylation is 1. The Bertz CT molecular complexity index is 2310. The molecule has 0 unspecified atom stereocenters. The van der Waals surface area contributed by atoms with Crippen LogP contribution in [0.1, 0.15) is 87.4 Å². The van der Waals surface area contributed by atoms with Crippen molar-refractivity contribution >= 4 is 40.5 Å². The summed E-state index contributed by atoms with van der Waals surface area (Å²) in [7, 11) is 1.99. The number of likely N-dealkylation sites (N-methyl/N-ethyl adjacent to an activating group) is 1. The van der Waals surface area contributed by atoms with Gasteiger partial charge in [0, 0.05) is 90.9 Å². The molecule has 2 aromatic carbocycles. The molecule has 60 heavy (non-hydrogen) atoms. The molecule has 2 fully saturated rings. The van der Waals surface area contributed by atoms with Crippen molar-refractivity contribution in [1.29, 1.82) is 5.26 Å². The number of hydrogen-bond acceptors (Lipinski definition) is 11. The van der Waals surface area contributed by atoms with Crippen LogP contribution in [0.4, 0.5) is 17.3 Å². The third-order valence-corrected chi connectivity index (χ3v) is 12.6. The average Bonchev–Trinajstić information content (AvgIpc) is 3.68. The van der Waals surface area contributed by atoms with Gasteiger partial charge in [-0.15, -0.1) is 0 Å². The van der Waals surface area contributed by atoms with E-state index in [1.165, 1.54) is 6.42 Å². The van der Waals surface area contributed by atoms with Gasteiger partial charge in [-0.05, 0) is 74.1 Å². The molecule has 7 rings (SSSR count). The standard InChI is InChI=1S/C46H56ClN9O4/c1-7-31-29-51-56-38(25-39(52-41(31)56)55-20-9-8-10-35(55)19-22-57)49-27-30-11-18-40(50-28-30)59-23-21-54(6)34-15-12-32(13-16-34)42(58)53-43-45(2,3)44(46(43,4)5)60-36-17-14-33(26-48)37(47)24-36/h11-18,24-25,28-29,35,43-44,49,57H,7-10,19-23,27H2,1-6H3,(H,53,58)/t35-,43?,44?/m0/s1. The molecule has 4 heterocycles. The van der Waals surface area contributed by atoms with Crippen LogP contribution >= 0.6 is 11.6 Å². The number of pyridine rings is 1. The average molecular weight is 834 g/mol. The normalized spacial score (nSPS) is 19.2. The molecule has 3 aromatic heterocycles. The second-order valence-electron chi connectivity index (χ2n) is 17.1. The second kappa shape index (κ2) is 18.0. The fourth-order valence-corrected chi connectivity index (χ4v) is 9.37. The lowest BCUT2D eigenvalue weighted by atomic mass is 9.49. The van der Waals surface area contributed by atoms with Gasteiger partial charge in [0.25, 0.3) is 5.91 Å². The first-order valence-corrected chi connectivity index (χ1v) is 21.3. The number of aromatic nitrogens is 4. The van der Waals surface area contributed by atoms with Crippen molar-refractivity contribution < 1.29 is 19.4 Å². The maximum Gasteiger partial charge on any atom is 0.251 e. The minimum Gasteiger partial charge on any atom is -0.489 e. The van der Waals surface area contributed by atoms with E-state index < -0.39 is 0 Å². The number of aliphatic hydroxyl groups excluding tert-OH is 1. The maximum atomic E-state index is 13.5. The van der Waals surface area contributed by atoms with Gasteiger partial charge in [-0.25, -0.2) is 9.97 Å². The first-order valence-electron chi connectivity index (χ1n) is 20.9. The van der Waals surface area contributed by atoms with Crippen molar-refractivity contribution in [1.82, 2.24) is 24.9 Å². The van der Waals surface area contributed by atoms with E-state index in [-0.39, 0.29) is 41.5 Å². The zero-order valence-corrected chi connectivity index (χ0v) is 36.2. The molecular weight excluding hydrogens is 778 g/mol. The monoisotopic (exact) mass is 833 g/mol. The lowest BCUT2D eigenvalue weighted by Crippen LogP contribution is -2.74. The number of nitrogens with one attached hydrogen (secondary N) is 2. The Kier molecular flexibility index (Phi) is 12.7. The van der Waals surface area contributed by atoms with Gasteiger partial charge < -0.3 is 35.0 Å². The molecule has 5 aromatic rings. The first kappa shape index (κ1) is 42.5. The number of piperidine rings is 1. The Morgan fingerprint density at radius 3 is 2.53 bits per heavy atom. The summed E-state index contributed by atoms with van der Waals surface area (Å²) in [5.74, 6) is 2.77. The Hall–Kier alpha value is -5.58. The predicted molar refractivity (Wildman–Crippen MR) is 235 cm³/mol. The number of carbonyl (C=O) groups is 1. The number of amides is 1. The van der Waals surface area contributed by atoms with E-state index >= 15 is 0 Å². The van der Waals surface area contributed by atoms with E-state index in [1.54, 1.807) is 18.2 Å². The lowest BCUT2D eigenvalue weighted by Gasteiger charge is -2.63. The summed E-state index contributed by atoms with van der Waals surface area (Å²) < 4.78 is 14.3. The van der Waals surface area contributed by atoms with Crippen LogP contribution in [-0.4, -0.2) is 82.1 Å². The highest BCUT2D eigenvalue weighted by Crippen LogP contribution is 2.55. The van der Waals surface area contributed by atoms with Crippen molar-refractivity contribution in [2.24, 2.45) is 10.8 Å². The van der Waals surface area contributed by atoms with Crippen molar-refractivity contribution in [3.63, 3.8) is 0 Å². The minimum absolute atomic E-state index is 0.136. The van der Waals surface area contributed by atoms with Gasteiger partial charge in [0.2, 0.25) is 5.88 Å². The van der Waals surface area contributed by atoms with Gasteiger partial charge in [-0.3, -0.25) is 4.79 Å². The molecule has 1 aliphatic carbocycles. The number of ether oxygens (including phenoxy) is 2. The van der Waals surface area contributed by atoms with Gasteiger partial charge >= 0.3 is 0 Å². The third kappa shape index (κ3) is 8.81. The van der Waals surface area contributed by atoms with E-state index in [9.17, 15) is 15.2 Å². The number of carbonyl (C=O) groups excluding carboxylic acids is 1. The van der Waals surface area contributed by atoms with Crippen LogP contribution in [0.5, 0.6) is 11.6 Å². The summed E-state index contributed by atoms with van der Waals surface area (Å²) in [6.07, 6.45) is 8.43. The van der Waals surface area contributed by atoms with Crippen LogP contribution in [0.2, 0.25) is 5.02 Å². The zero-order valence-electron chi connectivity index (χ0n) is 35.4. The van der Waals surface area contributed by atoms with Crippen LogP contribution in [0.25, 0.3) is 5.65 Å². The number of anilines is 3. The Balaban J connectivity index is 0.895. The van der Waals surface area contributed by atoms with Crippen molar-refractivity contribution in [3.05, 3.63) is 100 Å². The molecule has 1 saturated heterocycles. The van der Waals surface area contributed by atoms with Crippen LogP contribution in [0.15, 0.2) is 73.1 Å². The lowest BCUT2D eigenvalue weighted by molar-refractivity contribution is -0.164. The highest BCUT2D eigenvalue weighted by molar-refractivity contribution is 6.31. The largest absolute Gasteiger partial charge is 0.489 e. The second-order valence-corrected chi connectivity index (χ2v) is 17.5. The van der Waals surface area contributed by atoms with Gasteiger partial charge in [-0.1, -0.05) is 52.3 Å². The van der Waals surface area contributed by atoms with E-state index in [0.29, 0.717) is 47.5 Å². The number of rotatable bonds is 16. The van der Waals surface area contributed by atoms with Gasteiger partial charge in [0.15, 0.2) is 5.65 Å². The number of aliphatic hydroxyl groups is 1. The molecule has 1 saturated carbocycles. The summed E-state index contributed by atoms with van der Waals surface area (Å²) in [4.78, 5) is 27.5. The molecule has 0 spiro atoms. The Morgan fingerprint density at radius 2 is 1.85 bits per heavy atom. The number of fused-ring (bicyclic) bond motifs is 1. The molecule has 13 nitrogen and oxygen atoms in total. The molecule has 1 aliphatic heterocycles. The minimum atomic E-state index is -0.359. The molecule has 0 radical (unpaired) electrons. The number of hydrogen-bond donors (Lipinski definition) is 3. The molecule has 1 amide bonds. The molecule has 0 bridgehead atoms. The summed E-state index contributed by atoms with van der Waals surface area (Å²) in [6, 6.07) is 20.8. The fourth-order valence-electron chi connectivity index (χ4n) is 9.16. The summed E-state index contributed by atoms with van der Waals surface area (Å²) in [5.41, 5.74) is 4.17. The predicted octanol–water partition coefficient (Wildman–Crippen LogP) is 7.69. The van der Waals surface area contributed by atoms with E-state index in [1.807, 2.05) is 60.4 Å². The van der Waals surface area contributed by atoms with E-state index in [0.717, 1.165) is 66.3 Å². The smallest absolute Gasteiger partial charge is 0.251 e. The molecular formula is C46H56ClN9O4. The SMILES string of the molecule is CCc1cnn2c(NCc3ccc(OCCN(C)c4ccc(C(=O)NC5C(C)(C)C(Oc6ccc(C#N)c(Cl)c6)C5(C)C)cc4)nc3)cc(N3CCCC[C@H]3CCO)nc12. The molecule has 2 aliphatic rings. The summed E-state index contributed by atoms with van der Waals surface area (Å²) in [6.45, 7) is 13.2. The van der Waals surface area contributed by atoms with Gasteiger partial charge in [0.05, 0.1) is 23.3 Å². The maximum absolute atomic E-state index is 13.5. The van der Waals surface area contributed by atoms with Crippen molar-refractivity contribution in [3.8, 4) is 17.7 Å². The van der Waals surface area contributed by atoms with Gasteiger partial charge in [0.1, 0.15) is 36.2 Å². The van der Waals surface area contributed by atoms with Crippen LogP contribution in [-0.2, 0) is 13.0 Å². The van der Waals surface area contributed by atoms with Gasteiger partial charge in [-0.2, -0.15) is 14.9 Å². The number of nitriles is 1. The zero-order chi connectivity index (χ0) is 42.6. The molecule has 3 N–H and O–H groups in total. The number of benzene rings is 2. The first-order chi connectivity index (χ1) is 28.8. The molecule has 14 heteroatoms. The summed E-state index contributed by atoms with van der Waals surface area (Å²) >= 11 is 6.25. The highest BCUT2D eigenvalue weighted by Gasteiger charge is 2.64. The number of nitrogens with zero attached hydrogens (tertiary/aromatic N) is 7. The Morgan fingerprint density at radius 1 is 1.07 bits per heavy atom. The Labute approximate surface area is 357 Å². The van der Waals surface area contributed by atoms with Crippen molar-refractivity contribution in [2.75, 3.05) is 48.5 Å². The van der Waals surface area contributed by atoms with Crippen LogP contribution in [0, 0.1) is 22.2 Å².